The molecule has 1 aromatic rings. The molecule has 0 aromatic heterocycles. The number of ether oxygens (including phenoxy) is 6. The fourth-order valence-electron chi connectivity index (χ4n) is 4.15. The Kier molecular flexibility index (Phi) is 14.4. The quantitative estimate of drug-likeness (QED) is 0.117. The van der Waals surface area contributed by atoms with E-state index in [1.807, 2.05) is 0 Å². The van der Waals surface area contributed by atoms with Gasteiger partial charge in [0.15, 0.2) is 0 Å². The maximum Gasteiger partial charge on any atom is 0.264 e. The van der Waals surface area contributed by atoms with Gasteiger partial charge in [-0.05, 0) is 18.6 Å². The Hall–Kier alpha value is -3.31. The lowest BCUT2D eigenvalue weighted by atomic mass is 10.0. The number of nitrogens with one attached hydrogen (secondary N) is 2. The van der Waals surface area contributed by atoms with E-state index in [1.165, 1.54) is 18.2 Å². The molecule has 2 aliphatic heterocycles. The number of carbonyl (C=O) groups excluding carboxylic acids is 5. The Morgan fingerprint density at radius 1 is 0.810 bits per heavy atom. The Bertz CT molecular complexity index is 1080. The number of benzene rings is 1. The normalized spacial score (nSPS) is 16.6. The highest BCUT2D eigenvalue weighted by Gasteiger charge is 2.45. The van der Waals surface area contributed by atoms with E-state index < -0.39 is 35.6 Å². The molecular weight excluding hydrogens is 556 g/mol. The Morgan fingerprint density at radius 2 is 1.36 bits per heavy atom. The highest BCUT2D eigenvalue weighted by Crippen LogP contribution is 2.32. The summed E-state index contributed by atoms with van der Waals surface area (Å²) in [5, 5.41) is 4.73. The minimum absolute atomic E-state index is 0.00762. The predicted molar refractivity (Wildman–Crippen MR) is 146 cm³/mol. The molecule has 0 bridgehead atoms. The van der Waals surface area contributed by atoms with Gasteiger partial charge in [0.2, 0.25) is 17.7 Å². The molecule has 2 heterocycles. The summed E-state index contributed by atoms with van der Waals surface area (Å²) in [5.74, 6) is -3.06. The van der Waals surface area contributed by atoms with Crippen molar-refractivity contribution < 1.29 is 52.4 Å². The van der Waals surface area contributed by atoms with Crippen LogP contribution in [0.5, 0.6) is 0 Å². The Morgan fingerprint density at radius 3 is 1.90 bits per heavy atom. The molecule has 5 amide bonds. The molecule has 15 heteroatoms. The maximum atomic E-state index is 13.1. The van der Waals surface area contributed by atoms with Crippen LogP contribution in [0.15, 0.2) is 18.2 Å². The zero-order valence-electron chi connectivity index (χ0n) is 23.4. The molecular formula is C27H38N4O11. The van der Waals surface area contributed by atoms with Crippen molar-refractivity contribution in [2.75, 3.05) is 91.1 Å². The van der Waals surface area contributed by atoms with Crippen LogP contribution in [-0.4, -0.2) is 126 Å². The zero-order valence-corrected chi connectivity index (χ0v) is 23.4. The third kappa shape index (κ3) is 10.2. The number of imide groups is 2. The van der Waals surface area contributed by atoms with Crippen LogP contribution in [0.2, 0.25) is 0 Å². The third-order valence-corrected chi connectivity index (χ3v) is 6.10. The van der Waals surface area contributed by atoms with Crippen molar-refractivity contribution in [1.82, 2.24) is 10.2 Å². The van der Waals surface area contributed by atoms with Crippen LogP contribution >= 0.6 is 0 Å². The fourth-order valence-corrected chi connectivity index (χ4v) is 4.15. The first-order valence-corrected chi connectivity index (χ1v) is 13.7. The van der Waals surface area contributed by atoms with E-state index in [0.29, 0.717) is 66.0 Å². The standard InChI is InChI=1S/C27H38N4O11/c28-6-7-37-8-9-38-10-11-39-12-13-40-14-15-41-16-17-42-18-23(33)29-20-3-1-2-19-24(20)27(36)31(26(19)35)21-4-5-22(32)30-25(21)34/h1-3,21H,4-18,28H2,(H,29,33)(H,30,32,34). The van der Waals surface area contributed by atoms with Gasteiger partial charge >= 0.3 is 0 Å². The first kappa shape index (κ1) is 33.2. The SMILES string of the molecule is NCCOCCOCCOCCOCCOCCOCC(=O)Nc1cccc2c1C(=O)N(C1CCC(=O)NC1=O)C2=O. The van der Waals surface area contributed by atoms with Crippen LogP contribution in [0.3, 0.4) is 0 Å². The molecule has 0 spiro atoms. The van der Waals surface area contributed by atoms with Crippen LogP contribution in [0.25, 0.3) is 0 Å². The molecule has 3 rings (SSSR count). The van der Waals surface area contributed by atoms with Gasteiger partial charge in [-0.3, -0.25) is 34.2 Å². The second kappa shape index (κ2) is 18.3. The topological polar surface area (TPSA) is 194 Å². The van der Waals surface area contributed by atoms with E-state index in [4.69, 9.17) is 34.2 Å². The number of anilines is 1. The first-order chi connectivity index (χ1) is 20.4. The Labute approximate surface area is 243 Å². The molecule has 4 N–H and O–H groups in total. The first-order valence-electron chi connectivity index (χ1n) is 13.7. The largest absolute Gasteiger partial charge is 0.378 e. The van der Waals surface area contributed by atoms with Crippen molar-refractivity contribution in [2.45, 2.75) is 18.9 Å². The summed E-state index contributed by atoms with van der Waals surface area (Å²) < 4.78 is 32.0. The molecule has 15 nitrogen and oxygen atoms in total. The lowest BCUT2D eigenvalue weighted by Gasteiger charge is -2.27. The van der Waals surface area contributed by atoms with Gasteiger partial charge in [-0.1, -0.05) is 6.07 Å². The van der Waals surface area contributed by atoms with Crippen molar-refractivity contribution in [2.24, 2.45) is 5.73 Å². The van der Waals surface area contributed by atoms with Crippen LogP contribution in [0.4, 0.5) is 5.69 Å². The van der Waals surface area contributed by atoms with Crippen molar-refractivity contribution in [3.8, 4) is 0 Å². The van der Waals surface area contributed by atoms with Gasteiger partial charge in [0, 0.05) is 13.0 Å². The van der Waals surface area contributed by atoms with Crippen LogP contribution in [0.1, 0.15) is 33.6 Å². The third-order valence-electron chi connectivity index (χ3n) is 6.10. The average molecular weight is 595 g/mol. The van der Waals surface area contributed by atoms with Crippen molar-refractivity contribution >= 4 is 35.2 Å². The molecule has 0 aliphatic carbocycles. The number of amides is 5. The van der Waals surface area contributed by atoms with Gasteiger partial charge in [0.1, 0.15) is 12.6 Å². The van der Waals surface area contributed by atoms with Gasteiger partial charge < -0.3 is 39.5 Å². The number of fused-ring (bicyclic) bond motifs is 1. The molecule has 42 heavy (non-hydrogen) atoms. The van der Waals surface area contributed by atoms with E-state index in [-0.39, 0.29) is 49.5 Å². The van der Waals surface area contributed by atoms with Gasteiger partial charge in [-0.2, -0.15) is 0 Å². The van der Waals surface area contributed by atoms with Crippen molar-refractivity contribution in [3.63, 3.8) is 0 Å². The van der Waals surface area contributed by atoms with E-state index >= 15 is 0 Å². The summed E-state index contributed by atoms with van der Waals surface area (Å²) in [6, 6.07) is 3.36. The van der Waals surface area contributed by atoms with Gasteiger partial charge in [0.05, 0.1) is 89.5 Å². The van der Waals surface area contributed by atoms with Crippen molar-refractivity contribution in [1.29, 1.82) is 0 Å². The highest BCUT2D eigenvalue weighted by molar-refractivity contribution is 6.26. The highest BCUT2D eigenvalue weighted by atomic mass is 16.6. The molecule has 1 unspecified atom stereocenters. The molecule has 1 atom stereocenters. The minimum atomic E-state index is -1.09. The molecule has 2 aliphatic rings. The maximum absolute atomic E-state index is 13.1. The summed E-state index contributed by atoms with van der Waals surface area (Å²) in [6.07, 6.45) is 0.0539. The number of rotatable bonds is 21. The van der Waals surface area contributed by atoms with E-state index in [1.54, 1.807) is 0 Å². The summed E-state index contributed by atoms with van der Waals surface area (Å²) in [7, 11) is 0. The predicted octanol–water partition coefficient (Wildman–Crippen LogP) is -0.915. The fraction of sp³-hybridized carbons (Fsp3) is 0.593. The number of carbonyl (C=O) groups is 5. The van der Waals surface area contributed by atoms with E-state index in [2.05, 4.69) is 10.6 Å². The van der Waals surface area contributed by atoms with Crippen LogP contribution < -0.4 is 16.4 Å². The zero-order chi connectivity index (χ0) is 30.2. The molecule has 1 aromatic carbocycles. The monoisotopic (exact) mass is 594 g/mol. The number of piperidine rings is 1. The molecule has 232 valence electrons. The smallest absolute Gasteiger partial charge is 0.264 e. The summed E-state index contributed by atoms with van der Waals surface area (Å²) in [4.78, 5) is 62.9. The van der Waals surface area contributed by atoms with Crippen molar-refractivity contribution in [3.05, 3.63) is 29.3 Å². The summed E-state index contributed by atoms with van der Waals surface area (Å²) in [5.41, 5.74) is 5.51. The number of hydrogen-bond donors (Lipinski definition) is 3. The number of nitrogens with zero attached hydrogens (tertiary/aromatic N) is 1. The Balaban J connectivity index is 1.24. The van der Waals surface area contributed by atoms with Gasteiger partial charge in [0.25, 0.3) is 11.8 Å². The number of nitrogens with two attached hydrogens (primary N) is 1. The number of hydrogen-bond acceptors (Lipinski definition) is 12. The average Bonchev–Trinajstić information content (AvgIpc) is 3.22. The van der Waals surface area contributed by atoms with E-state index in [0.717, 1.165) is 4.90 Å². The molecule has 0 radical (unpaired) electrons. The summed E-state index contributed by atoms with van der Waals surface area (Å²) in [6.45, 7) is 4.62. The van der Waals surface area contributed by atoms with Crippen LogP contribution in [0, 0.1) is 0 Å². The lowest BCUT2D eigenvalue weighted by molar-refractivity contribution is -0.136. The summed E-state index contributed by atoms with van der Waals surface area (Å²) >= 11 is 0. The molecule has 1 fully saturated rings. The van der Waals surface area contributed by atoms with Gasteiger partial charge in [-0.25, -0.2) is 0 Å². The second-order valence-corrected chi connectivity index (χ2v) is 9.13. The lowest BCUT2D eigenvalue weighted by Crippen LogP contribution is -2.54. The van der Waals surface area contributed by atoms with Crippen LogP contribution in [-0.2, 0) is 42.8 Å². The second-order valence-electron chi connectivity index (χ2n) is 9.13. The molecule has 0 saturated carbocycles. The minimum Gasteiger partial charge on any atom is -0.378 e. The molecule has 1 saturated heterocycles. The van der Waals surface area contributed by atoms with Gasteiger partial charge in [-0.15, -0.1) is 0 Å². The van der Waals surface area contributed by atoms with E-state index in [9.17, 15) is 24.0 Å².